The molecule has 0 aliphatic rings. The van der Waals surface area contributed by atoms with Crippen LogP contribution in [0.1, 0.15) is 26.7 Å². The van der Waals surface area contributed by atoms with Crippen molar-refractivity contribution < 1.29 is 23.0 Å². The summed E-state index contributed by atoms with van der Waals surface area (Å²) in [7, 11) is 0. The van der Waals surface area contributed by atoms with Crippen LogP contribution in [0.2, 0.25) is 0 Å². The van der Waals surface area contributed by atoms with Crippen LogP contribution in [0.3, 0.4) is 0 Å². The third-order valence-corrected chi connectivity index (χ3v) is 3.62. The van der Waals surface area contributed by atoms with E-state index in [1.165, 1.54) is 12.3 Å². The molecule has 0 amide bonds. The Balaban J connectivity index is 2.55. The van der Waals surface area contributed by atoms with Crippen LogP contribution in [0.25, 0.3) is 0 Å². The predicted octanol–water partition coefficient (Wildman–Crippen LogP) is 3.23. The molecule has 0 fully saturated rings. The van der Waals surface area contributed by atoms with Crippen LogP contribution in [0.4, 0.5) is 18.9 Å². The third kappa shape index (κ3) is 5.79. The number of nitrogens with zero attached hydrogens (tertiary/aromatic N) is 1. The van der Waals surface area contributed by atoms with Gasteiger partial charge in [-0.25, -0.2) is 4.98 Å². The molecule has 1 aromatic heterocycles. The summed E-state index contributed by atoms with van der Waals surface area (Å²) >= 11 is 0. The number of aliphatic hydroxyl groups is 1. The average molecular weight is 306 g/mol. The number of anilines is 1. The zero-order valence-electron chi connectivity index (χ0n) is 12.2. The molecule has 2 N–H and O–H groups in total. The second-order valence-electron chi connectivity index (χ2n) is 5.01. The van der Waals surface area contributed by atoms with Gasteiger partial charge in [-0.1, -0.05) is 13.8 Å². The quantitative estimate of drug-likeness (QED) is 0.774. The molecule has 0 aliphatic carbocycles. The summed E-state index contributed by atoms with van der Waals surface area (Å²) in [6, 6.07) is 2.98. The van der Waals surface area contributed by atoms with Crippen molar-refractivity contribution in [1.29, 1.82) is 0 Å². The van der Waals surface area contributed by atoms with Crippen LogP contribution in [-0.2, 0) is 0 Å². The number of nitrogens with one attached hydrogen (secondary N) is 1. The van der Waals surface area contributed by atoms with Gasteiger partial charge >= 0.3 is 6.18 Å². The molecule has 0 atom stereocenters. The molecule has 0 aromatic carbocycles. The molecule has 21 heavy (non-hydrogen) atoms. The van der Waals surface area contributed by atoms with Gasteiger partial charge in [0.05, 0.1) is 18.5 Å². The van der Waals surface area contributed by atoms with E-state index < -0.39 is 12.8 Å². The Morgan fingerprint density at radius 1 is 1.24 bits per heavy atom. The zero-order chi connectivity index (χ0) is 15.9. The summed E-state index contributed by atoms with van der Waals surface area (Å²) in [4.78, 5) is 3.81. The largest absolute Gasteiger partial charge is 0.468 e. The summed E-state index contributed by atoms with van der Waals surface area (Å²) in [5, 5.41) is 12.6. The number of aromatic nitrogens is 1. The topological polar surface area (TPSA) is 54.4 Å². The molecule has 1 rings (SSSR count). The van der Waals surface area contributed by atoms with Crippen molar-refractivity contribution >= 4 is 5.69 Å². The molecular weight excluding hydrogens is 285 g/mol. The van der Waals surface area contributed by atoms with Gasteiger partial charge in [0, 0.05) is 18.0 Å². The summed E-state index contributed by atoms with van der Waals surface area (Å²) in [5.74, 6) is -0.0720. The van der Waals surface area contributed by atoms with Crippen molar-refractivity contribution in [2.75, 3.05) is 25.1 Å². The van der Waals surface area contributed by atoms with Gasteiger partial charge in [0.2, 0.25) is 5.88 Å². The standard InChI is InChI=1S/C14H21F3N2O2/c1-3-13(4-2,9-20)8-19-11-5-6-12(18-7-11)21-10-14(15,16)17/h5-7,19-20H,3-4,8-10H2,1-2H3. The predicted molar refractivity (Wildman–Crippen MR) is 74.4 cm³/mol. The lowest BCUT2D eigenvalue weighted by Gasteiger charge is -2.29. The number of rotatable bonds is 8. The van der Waals surface area contributed by atoms with E-state index in [2.05, 4.69) is 15.0 Å². The SMILES string of the molecule is CCC(CC)(CO)CNc1ccc(OCC(F)(F)F)nc1. The van der Waals surface area contributed by atoms with Crippen molar-refractivity contribution in [1.82, 2.24) is 4.98 Å². The lowest BCUT2D eigenvalue weighted by atomic mass is 9.83. The van der Waals surface area contributed by atoms with Crippen LogP contribution >= 0.6 is 0 Å². The molecule has 0 saturated carbocycles. The number of aliphatic hydroxyl groups excluding tert-OH is 1. The minimum Gasteiger partial charge on any atom is -0.468 e. The lowest BCUT2D eigenvalue weighted by molar-refractivity contribution is -0.154. The number of ether oxygens (including phenoxy) is 1. The van der Waals surface area contributed by atoms with Crippen LogP contribution in [0.5, 0.6) is 5.88 Å². The normalized spacial score (nSPS) is 12.3. The second-order valence-corrected chi connectivity index (χ2v) is 5.01. The van der Waals surface area contributed by atoms with Gasteiger partial charge in [0.15, 0.2) is 6.61 Å². The molecule has 0 saturated heterocycles. The van der Waals surface area contributed by atoms with Crippen molar-refractivity contribution in [3.8, 4) is 5.88 Å². The Kier molecular flexibility index (Phi) is 6.26. The Morgan fingerprint density at radius 2 is 1.90 bits per heavy atom. The second kappa shape index (κ2) is 7.49. The number of alkyl halides is 3. The maximum atomic E-state index is 12.0. The Morgan fingerprint density at radius 3 is 2.33 bits per heavy atom. The van der Waals surface area contributed by atoms with E-state index >= 15 is 0 Å². The first-order valence-electron chi connectivity index (χ1n) is 6.84. The highest BCUT2D eigenvalue weighted by molar-refractivity contribution is 5.42. The van der Waals surface area contributed by atoms with Gasteiger partial charge in [-0.15, -0.1) is 0 Å². The highest BCUT2D eigenvalue weighted by Crippen LogP contribution is 2.26. The fourth-order valence-corrected chi connectivity index (χ4v) is 1.80. The molecule has 0 bridgehead atoms. The number of hydrogen-bond acceptors (Lipinski definition) is 4. The van der Waals surface area contributed by atoms with Crippen LogP contribution < -0.4 is 10.1 Å². The van der Waals surface area contributed by atoms with Crippen LogP contribution in [0.15, 0.2) is 18.3 Å². The third-order valence-electron chi connectivity index (χ3n) is 3.62. The first kappa shape index (κ1) is 17.6. The van der Waals surface area contributed by atoms with Crippen molar-refractivity contribution in [3.05, 3.63) is 18.3 Å². The average Bonchev–Trinajstić information content (AvgIpc) is 2.47. The fourth-order valence-electron chi connectivity index (χ4n) is 1.80. The molecule has 0 unspecified atom stereocenters. The number of halogens is 3. The maximum absolute atomic E-state index is 12.0. The Labute approximate surface area is 122 Å². The molecule has 7 heteroatoms. The van der Waals surface area contributed by atoms with Crippen molar-refractivity contribution in [2.24, 2.45) is 5.41 Å². The smallest absolute Gasteiger partial charge is 0.422 e. The van der Waals surface area contributed by atoms with Crippen molar-refractivity contribution in [3.63, 3.8) is 0 Å². The highest BCUT2D eigenvalue weighted by Gasteiger charge is 2.28. The van der Waals surface area contributed by atoms with E-state index in [-0.39, 0.29) is 17.9 Å². The van der Waals surface area contributed by atoms with E-state index in [0.717, 1.165) is 12.8 Å². The Hall–Kier alpha value is -1.50. The van der Waals surface area contributed by atoms with E-state index in [1.54, 1.807) is 6.07 Å². The molecule has 120 valence electrons. The molecule has 0 spiro atoms. The van der Waals surface area contributed by atoms with Crippen molar-refractivity contribution in [2.45, 2.75) is 32.9 Å². The van der Waals surface area contributed by atoms with E-state index in [1.807, 2.05) is 13.8 Å². The summed E-state index contributed by atoms with van der Waals surface area (Å²) in [6.45, 7) is 3.31. The van der Waals surface area contributed by atoms with E-state index in [9.17, 15) is 18.3 Å². The van der Waals surface area contributed by atoms with E-state index in [4.69, 9.17) is 0 Å². The van der Waals surface area contributed by atoms with Gasteiger partial charge < -0.3 is 15.2 Å². The molecule has 0 radical (unpaired) electrons. The zero-order valence-corrected chi connectivity index (χ0v) is 12.2. The first-order chi connectivity index (χ1) is 9.84. The minimum absolute atomic E-state index is 0.0720. The van der Waals surface area contributed by atoms with E-state index in [0.29, 0.717) is 12.2 Å². The summed E-state index contributed by atoms with van der Waals surface area (Å²) < 4.78 is 40.5. The number of pyridine rings is 1. The monoisotopic (exact) mass is 306 g/mol. The molecular formula is C14H21F3N2O2. The maximum Gasteiger partial charge on any atom is 0.422 e. The van der Waals surface area contributed by atoms with Gasteiger partial charge in [-0.3, -0.25) is 0 Å². The molecule has 1 aromatic rings. The van der Waals surface area contributed by atoms with Crippen LogP contribution in [0, 0.1) is 5.41 Å². The van der Waals surface area contributed by atoms with Gasteiger partial charge in [0.25, 0.3) is 0 Å². The van der Waals surface area contributed by atoms with Crippen LogP contribution in [-0.4, -0.2) is 36.0 Å². The molecule has 1 heterocycles. The highest BCUT2D eigenvalue weighted by atomic mass is 19.4. The minimum atomic E-state index is -4.37. The molecule has 4 nitrogen and oxygen atoms in total. The first-order valence-corrected chi connectivity index (χ1v) is 6.84. The number of hydrogen-bond donors (Lipinski definition) is 2. The lowest BCUT2D eigenvalue weighted by Crippen LogP contribution is -2.32. The van der Waals surface area contributed by atoms with Gasteiger partial charge in [-0.2, -0.15) is 13.2 Å². The summed E-state index contributed by atoms with van der Waals surface area (Å²) in [5.41, 5.74) is 0.472. The van der Waals surface area contributed by atoms with Gasteiger partial charge in [0.1, 0.15) is 0 Å². The van der Waals surface area contributed by atoms with Gasteiger partial charge in [-0.05, 0) is 18.9 Å². The molecule has 0 aliphatic heterocycles. The summed E-state index contributed by atoms with van der Waals surface area (Å²) in [6.07, 6.45) is -1.30. The Bertz CT molecular complexity index is 409. The fraction of sp³-hybridized carbons (Fsp3) is 0.643.